The van der Waals surface area contributed by atoms with Crippen LogP contribution in [0.25, 0.3) is 0 Å². The van der Waals surface area contributed by atoms with Gasteiger partial charge < -0.3 is 20.1 Å². The van der Waals surface area contributed by atoms with Gasteiger partial charge in [0.05, 0.1) is 19.3 Å². The summed E-state index contributed by atoms with van der Waals surface area (Å²) in [5, 5.41) is 14.3. The molecule has 0 radical (unpaired) electrons. The van der Waals surface area contributed by atoms with Gasteiger partial charge in [-0.3, -0.25) is 0 Å². The minimum absolute atomic E-state index is 0.189. The molecule has 6 nitrogen and oxygen atoms in total. The van der Waals surface area contributed by atoms with E-state index in [1.54, 1.807) is 23.1 Å². The molecule has 2 fully saturated rings. The van der Waals surface area contributed by atoms with Gasteiger partial charge in [0, 0.05) is 23.0 Å². The van der Waals surface area contributed by atoms with Gasteiger partial charge in [-0.05, 0) is 36.5 Å². The maximum Gasteiger partial charge on any atom is 0.328 e. The minimum Gasteiger partial charge on any atom is -0.467 e. The predicted octanol–water partition coefficient (Wildman–Crippen LogP) is 3.02. The maximum atomic E-state index is 12.6. The first-order valence-electron chi connectivity index (χ1n) is 9.09. The van der Waals surface area contributed by atoms with Crippen LogP contribution in [-0.2, 0) is 16.0 Å². The second kappa shape index (κ2) is 8.25. The molecule has 2 amide bonds. The SMILES string of the molecule is COC(=O)[C@@H](Cc1ccc(Cl)cc1Cl)NC(=O)N1CCC(O)(CC2CC2)C1. The van der Waals surface area contributed by atoms with Gasteiger partial charge in [-0.2, -0.15) is 0 Å². The number of hydrogen-bond donors (Lipinski definition) is 2. The van der Waals surface area contributed by atoms with Crippen molar-refractivity contribution >= 4 is 35.2 Å². The Labute approximate surface area is 168 Å². The van der Waals surface area contributed by atoms with E-state index in [-0.39, 0.29) is 19.0 Å². The van der Waals surface area contributed by atoms with E-state index in [1.165, 1.54) is 7.11 Å². The Kier molecular flexibility index (Phi) is 6.18. The van der Waals surface area contributed by atoms with Crippen LogP contribution < -0.4 is 5.32 Å². The Hall–Kier alpha value is -1.50. The minimum atomic E-state index is -0.877. The van der Waals surface area contributed by atoms with Crippen molar-refractivity contribution in [3.63, 3.8) is 0 Å². The summed E-state index contributed by atoms with van der Waals surface area (Å²) in [7, 11) is 1.27. The van der Waals surface area contributed by atoms with E-state index in [2.05, 4.69) is 5.32 Å². The lowest BCUT2D eigenvalue weighted by atomic mass is 9.96. The number of benzene rings is 1. The molecule has 148 valence electrons. The van der Waals surface area contributed by atoms with Crippen molar-refractivity contribution in [3.05, 3.63) is 33.8 Å². The summed E-state index contributed by atoms with van der Waals surface area (Å²) in [5.74, 6) is 0.0229. The number of halogens is 2. The topological polar surface area (TPSA) is 78.9 Å². The first-order chi connectivity index (χ1) is 12.8. The van der Waals surface area contributed by atoms with E-state index >= 15 is 0 Å². The maximum absolute atomic E-state index is 12.6. The van der Waals surface area contributed by atoms with Crippen molar-refractivity contribution in [2.24, 2.45) is 5.92 Å². The molecule has 1 saturated carbocycles. The number of carbonyl (C=O) groups is 2. The number of urea groups is 1. The molecule has 1 unspecified atom stereocenters. The van der Waals surface area contributed by atoms with Crippen LogP contribution >= 0.6 is 23.2 Å². The summed E-state index contributed by atoms with van der Waals surface area (Å²) in [4.78, 5) is 26.3. The number of hydrogen-bond acceptors (Lipinski definition) is 4. The molecular weight excluding hydrogens is 391 g/mol. The van der Waals surface area contributed by atoms with Gasteiger partial charge in [-0.15, -0.1) is 0 Å². The number of esters is 1. The lowest BCUT2D eigenvalue weighted by Crippen LogP contribution is -2.49. The van der Waals surface area contributed by atoms with Gasteiger partial charge in [0.1, 0.15) is 6.04 Å². The number of amides is 2. The molecule has 0 aromatic heterocycles. The van der Waals surface area contributed by atoms with Gasteiger partial charge in [-0.1, -0.05) is 42.1 Å². The van der Waals surface area contributed by atoms with E-state index in [1.807, 2.05) is 0 Å². The molecule has 2 aliphatic rings. The number of rotatable bonds is 6. The van der Waals surface area contributed by atoms with Crippen molar-refractivity contribution in [2.75, 3.05) is 20.2 Å². The standard InChI is InChI=1S/C19H24Cl2N2O4/c1-27-17(24)16(8-13-4-5-14(20)9-15(13)21)22-18(25)23-7-6-19(26,11-23)10-12-2-3-12/h4-5,9,12,16,26H,2-3,6-8,10-11H2,1H3,(H,22,25)/t16-,19?/m1/s1. The molecule has 27 heavy (non-hydrogen) atoms. The zero-order chi connectivity index (χ0) is 19.6. The van der Waals surface area contributed by atoms with Crippen LogP contribution in [0, 0.1) is 5.92 Å². The highest BCUT2D eigenvalue weighted by Gasteiger charge is 2.42. The highest BCUT2D eigenvalue weighted by Crippen LogP contribution is 2.40. The zero-order valence-corrected chi connectivity index (χ0v) is 16.7. The highest BCUT2D eigenvalue weighted by molar-refractivity contribution is 6.35. The van der Waals surface area contributed by atoms with Crippen LogP contribution in [0.2, 0.25) is 10.0 Å². The second-order valence-electron chi connectivity index (χ2n) is 7.51. The third-order valence-electron chi connectivity index (χ3n) is 5.21. The van der Waals surface area contributed by atoms with Gasteiger partial charge in [-0.25, -0.2) is 9.59 Å². The molecule has 0 spiro atoms. The average Bonchev–Trinajstić information content (AvgIpc) is 3.34. The van der Waals surface area contributed by atoms with Crippen LogP contribution in [0.3, 0.4) is 0 Å². The van der Waals surface area contributed by atoms with E-state index < -0.39 is 17.6 Å². The van der Waals surface area contributed by atoms with Crippen molar-refractivity contribution in [3.8, 4) is 0 Å². The number of ether oxygens (including phenoxy) is 1. The highest BCUT2D eigenvalue weighted by atomic mass is 35.5. The van der Waals surface area contributed by atoms with Crippen LogP contribution in [0.15, 0.2) is 18.2 Å². The van der Waals surface area contributed by atoms with Crippen molar-refractivity contribution in [1.29, 1.82) is 0 Å². The smallest absolute Gasteiger partial charge is 0.328 e. The fourth-order valence-electron chi connectivity index (χ4n) is 3.54. The number of methoxy groups -OCH3 is 1. The molecule has 1 aromatic rings. The molecule has 2 atom stereocenters. The molecule has 1 saturated heterocycles. The molecule has 8 heteroatoms. The summed E-state index contributed by atoms with van der Waals surface area (Å²) in [6.45, 7) is 0.746. The van der Waals surface area contributed by atoms with Gasteiger partial charge in [0.2, 0.25) is 0 Å². The first kappa shape index (κ1) is 20.2. The molecule has 3 rings (SSSR count). The number of nitrogens with zero attached hydrogens (tertiary/aromatic N) is 1. The van der Waals surface area contributed by atoms with Crippen LogP contribution in [0.4, 0.5) is 4.79 Å². The summed E-state index contributed by atoms with van der Waals surface area (Å²) < 4.78 is 4.82. The number of nitrogens with one attached hydrogen (secondary N) is 1. The number of aliphatic hydroxyl groups is 1. The zero-order valence-electron chi connectivity index (χ0n) is 15.2. The molecule has 0 bridgehead atoms. The Balaban J connectivity index is 1.63. The third kappa shape index (κ3) is 5.27. The molecule has 1 aliphatic carbocycles. The summed E-state index contributed by atoms with van der Waals surface area (Å²) in [5.41, 5.74) is -0.137. The Morgan fingerprint density at radius 1 is 1.41 bits per heavy atom. The number of carbonyl (C=O) groups excluding carboxylic acids is 2. The Morgan fingerprint density at radius 3 is 2.78 bits per heavy atom. The normalized spacial score (nSPS) is 23.2. The quantitative estimate of drug-likeness (QED) is 0.701. The molecular formula is C19H24Cl2N2O4. The molecule has 1 aromatic carbocycles. The summed E-state index contributed by atoms with van der Waals surface area (Å²) in [6, 6.07) is 3.72. The fourth-order valence-corrected chi connectivity index (χ4v) is 4.02. The van der Waals surface area contributed by atoms with Gasteiger partial charge >= 0.3 is 12.0 Å². The lowest BCUT2D eigenvalue weighted by molar-refractivity contribution is -0.142. The van der Waals surface area contributed by atoms with Crippen molar-refractivity contribution < 1.29 is 19.4 Å². The Morgan fingerprint density at radius 2 is 2.15 bits per heavy atom. The Bertz CT molecular complexity index is 726. The van der Waals surface area contributed by atoms with E-state index in [4.69, 9.17) is 27.9 Å². The van der Waals surface area contributed by atoms with Crippen LogP contribution in [0.1, 0.15) is 31.2 Å². The van der Waals surface area contributed by atoms with Gasteiger partial charge in [0.15, 0.2) is 0 Å². The lowest BCUT2D eigenvalue weighted by Gasteiger charge is -2.25. The van der Waals surface area contributed by atoms with E-state index in [9.17, 15) is 14.7 Å². The van der Waals surface area contributed by atoms with E-state index in [0.717, 1.165) is 19.3 Å². The first-order valence-corrected chi connectivity index (χ1v) is 9.85. The van der Waals surface area contributed by atoms with Crippen LogP contribution in [0.5, 0.6) is 0 Å². The molecule has 2 N–H and O–H groups in total. The fraction of sp³-hybridized carbons (Fsp3) is 0.579. The van der Waals surface area contributed by atoms with Crippen LogP contribution in [-0.4, -0.2) is 53.8 Å². The number of β-amino-alcohol motifs (C(OH)–C–C–N with tert-alkyl or cyclic N) is 1. The largest absolute Gasteiger partial charge is 0.467 e. The van der Waals surface area contributed by atoms with Gasteiger partial charge in [0.25, 0.3) is 0 Å². The number of likely N-dealkylation sites (tertiary alicyclic amines) is 1. The van der Waals surface area contributed by atoms with Crippen molar-refractivity contribution in [2.45, 2.75) is 43.7 Å². The van der Waals surface area contributed by atoms with E-state index in [0.29, 0.717) is 34.5 Å². The molecule has 1 aliphatic heterocycles. The summed E-state index contributed by atoms with van der Waals surface area (Å²) in [6.07, 6.45) is 3.79. The second-order valence-corrected chi connectivity index (χ2v) is 8.35. The predicted molar refractivity (Wildman–Crippen MR) is 103 cm³/mol. The van der Waals surface area contributed by atoms with Crippen molar-refractivity contribution in [1.82, 2.24) is 10.2 Å². The average molecular weight is 415 g/mol. The summed E-state index contributed by atoms with van der Waals surface area (Å²) >= 11 is 12.1. The monoisotopic (exact) mass is 414 g/mol. The third-order valence-corrected chi connectivity index (χ3v) is 5.79. The molecule has 1 heterocycles.